The van der Waals surface area contributed by atoms with Crippen molar-refractivity contribution in [2.45, 2.75) is 25.7 Å². The Morgan fingerprint density at radius 2 is 1.88 bits per heavy atom. The average Bonchev–Trinajstić information content (AvgIpc) is 3.10. The van der Waals surface area contributed by atoms with E-state index in [9.17, 15) is 27.9 Å². The lowest BCUT2D eigenvalue weighted by Gasteiger charge is -2.15. The zero-order valence-corrected chi connectivity index (χ0v) is 18.5. The predicted molar refractivity (Wildman–Crippen MR) is 120 cm³/mol. The van der Waals surface area contributed by atoms with Crippen LogP contribution in [0.1, 0.15) is 5.56 Å². The molecule has 2 heterocycles. The summed E-state index contributed by atoms with van der Waals surface area (Å²) < 4.78 is 45.1. The lowest BCUT2D eigenvalue weighted by Crippen LogP contribution is -2.38. The number of nitrogens with zero attached hydrogens (tertiary/aromatic N) is 1. The average molecular weight is 497 g/mol. The summed E-state index contributed by atoms with van der Waals surface area (Å²) in [6.07, 6.45) is -7.68. The molecule has 2 N–H and O–H groups in total. The molecule has 0 radical (unpaired) electrons. The number of hydrogen-bond acceptors (Lipinski definition) is 5. The Morgan fingerprint density at radius 1 is 1.18 bits per heavy atom. The maximum absolute atomic E-state index is 12.9. The number of fused-ring (bicyclic) bond motifs is 1. The topological polar surface area (TPSA) is 84.3 Å². The third-order valence-corrected chi connectivity index (χ3v) is 6.62. The smallest absolute Gasteiger partial charge is 0.416 e. The number of ether oxygens (including phenoxy) is 1. The molecule has 1 unspecified atom stereocenters. The van der Waals surface area contributed by atoms with Gasteiger partial charge in [-0.15, -0.1) is 11.3 Å². The first kappa shape index (κ1) is 23.1. The van der Waals surface area contributed by atoms with Gasteiger partial charge in [0.2, 0.25) is 0 Å². The van der Waals surface area contributed by atoms with Crippen LogP contribution in [0.5, 0.6) is 11.5 Å². The van der Waals surface area contributed by atoms with Gasteiger partial charge >= 0.3 is 11.9 Å². The minimum absolute atomic E-state index is 0.0280. The molecule has 0 spiro atoms. The molecule has 172 valence electrons. The van der Waals surface area contributed by atoms with Gasteiger partial charge in [-0.1, -0.05) is 29.8 Å². The van der Waals surface area contributed by atoms with Crippen LogP contribution in [0, 0.1) is 6.92 Å². The molecule has 0 fully saturated rings. The monoisotopic (exact) mass is 496 g/mol. The minimum Gasteiger partial charge on any atom is -0.456 e. The largest absolute Gasteiger partial charge is 0.456 e. The fourth-order valence-corrected chi connectivity index (χ4v) is 4.86. The first-order valence-corrected chi connectivity index (χ1v) is 10.8. The second-order valence-corrected chi connectivity index (χ2v) is 8.63. The summed E-state index contributed by atoms with van der Waals surface area (Å²) in [6, 6.07) is 13.9. The maximum atomic E-state index is 12.9. The molecule has 0 saturated heterocycles. The Balaban J connectivity index is 1.79. The standard InChI is InChI=1S/C22H16ClF3N2O4S/c1-11-17-19(30)27-21(31)28(10-16(29)22(24,25)26)20(17)33-18(11)12-7-8-15(14(23)9-12)32-13-5-3-2-4-6-13/h2-9,16,29H,10H2,1H3,(H,27,30,31). The number of aromatic nitrogens is 2. The van der Waals surface area contributed by atoms with E-state index in [2.05, 4.69) is 0 Å². The molecule has 0 aliphatic rings. The SMILES string of the molecule is Cc1c(-c2ccc(Oc3ccccc3)c(Cl)c2)sc2c1c(=O)[nH]c(=O)n2CC(O)C(F)(F)F. The molecule has 0 saturated carbocycles. The Kier molecular flexibility index (Phi) is 6.08. The van der Waals surface area contributed by atoms with Gasteiger partial charge in [-0.25, -0.2) is 4.79 Å². The highest BCUT2D eigenvalue weighted by Crippen LogP contribution is 2.40. The van der Waals surface area contributed by atoms with Gasteiger partial charge in [0.05, 0.1) is 17.0 Å². The summed E-state index contributed by atoms with van der Waals surface area (Å²) >= 11 is 7.35. The van der Waals surface area contributed by atoms with E-state index >= 15 is 0 Å². The number of aromatic amines is 1. The van der Waals surface area contributed by atoms with Crippen LogP contribution < -0.4 is 16.0 Å². The molecule has 1 atom stereocenters. The van der Waals surface area contributed by atoms with E-state index in [1.165, 1.54) is 0 Å². The number of alkyl halides is 3. The zero-order valence-electron chi connectivity index (χ0n) is 16.9. The molecule has 11 heteroatoms. The van der Waals surface area contributed by atoms with Crippen molar-refractivity contribution in [1.82, 2.24) is 9.55 Å². The molecule has 4 aromatic rings. The lowest BCUT2D eigenvalue weighted by molar-refractivity contribution is -0.207. The van der Waals surface area contributed by atoms with Crippen LogP contribution in [-0.4, -0.2) is 26.9 Å². The summed E-state index contributed by atoms with van der Waals surface area (Å²) in [7, 11) is 0. The van der Waals surface area contributed by atoms with E-state index in [0.717, 1.165) is 15.9 Å². The fourth-order valence-electron chi connectivity index (χ4n) is 3.33. The number of benzene rings is 2. The summed E-state index contributed by atoms with van der Waals surface area (Å²) in [5.41, 5.74) is -0.690. The molecule has 33 heavy (non-hydrogen) atoms. The van der Waals surface area contributed by atoms with E-state index in [0.29, 0.717) is 27.5 Å². The first-order chi connectivity index (χ1) is 15.6. The zero-order chi connectivity index (χ0) is 23.9. The van der Waals surface area contributed by atoms with Crippen molar-refractivity contribution in [3.8, 4) is 21.9 Å². The number of halogens is 4. The van der Waals surface area contributed by atoms with Crippen LogP contribution in [-0.2, 0) is 6.54 Å². The Labute approximate surface area is 193 Å². The number of hydrogen-bond donors (Lipinski definition) is 2. The van der Waals surface area contributed by atoms with Gasteiger partial charge in [-0.3, -0.25) is 14.3 Å². The van der Waals surface area contributed by atoms with Gasteiger partial charge in [-0.2, -0.15) is 13.2 Å². The van der Waals surface area contributed by atoms with Gasteiger partial charge in [0.25, 0.3) is 5.56 Å². The molecule has 6 nitrogen and oxygen atoms in total. The molecule has 0 bridgehead atoms. The number of aliphatic hydroxyl groups is 1. The molecule has 2 aromatic heterocycles. The van der Waals surface area contributed by atoms with Gasteiger partial charge in [-0.05, 0) is 48.4 Å². The highest BCUT2D eigenvalue weighted by molar-refractivity contribution is 7.22. The molecule has 2 aromatic carbocycles. The second kappa shape index (κ2) is 8.69. The van der Waals surface area contributed by atoms with E-state index < -0.39 is 30.1 Å². The Bertz CT molecular complexity index is 1440. The first-order valence-electron chi connectivity index (χ1n) is 9.60. The predicted octanol–water partition coefficient (Wildman–Crippen LogP) is 5.10. The molecular weight excluding hydrogens is 481 g/mol. The number of aryl methyl sites for hydroxylation is 1. The van der Waals surface area contributed by atoms with Crippen molar-refractivity contribution in [2.24, 2.45) is 0 Å². The number of H-pyrrole nitrogens is 1. The van der Waals surface area contributed by atoms with Gasteiger partial charge in [0, 0.05) is 4.88 Å². The molecule has 0 aliphatic carbocycles. The quantitative estimate of drug-likeness (QED) is 0.403. The minimum atomic E-state index is -4.92. The van der Waals surface area contributed by atoms with Crippen molar-refractivity contribution < 1.29 is 23.0 Å². The number of para-hydroxylation sites is 1. The van der Waals surface area contributed by atoms with E-state index in [-0.39, 0.29) is 15.2 Å². The third kappa shape index (κ3) is 4.54. The molecule has 0 aliphatic heterocycles. The normalized spacial score (nSPS) is 12.8. The van der Waals surface area contributed by atoms with E-state index in [1.807, 2.05) is 23.2 Å². The lowest BCUT2D eigenvalue weighted by atomic mass is 10.1. The Morgan fingerprint density at radius 3 is 2.52 bits per heavy atom. The number of rotatable bonds is 5. The van der Waals surface area contributed by atoms with Crippen LogP contribution in [0.2, 0.25) is 5.02 Å². The molecule has 0 amide bonds. The summed E-state index contributed by atoms with van der Waals surface area (Å²) in [6.45, 7) is 0.584. The summed E-state index contributed by atoms with van der Waals surface area (Å²) in [5, 5.41) is 9.83. The van der Waals surface area contributed by atoms with Crippen molar-refractivity contribution >= 4 is 33.2 Å². The Hall–Kier alpha value is -3.08. The number of thiophene rings is 1. The molecular formula is C22H16ClF3N2O4S. The van der Waals surface area contributed by atoms with Crippen molar-refractivity contribution in [3.05, 3.63) is 80.0 Å². The van der Waals surface area contributed by atoms with Crippen LogP contribution in [0.25, 0.3) is 20.7 Å². The number of aliphatic hydroxyl groups excluding tert-OH is 1. The van der Waals surface area contributed by atoms with Crippen LogP contribution >= 0.6 is 22.9 Å². The van der Waals surface area contributed by atoms with Crippen LogP contribution in [0.4, 0.5) is 13.2 Å². The van der Waals surface area contributed by atoms with Crippen LogP contribution in [0.15, 0.2) is 58.1 Å². The molecule has 4 rings (SSSR count). The summed E-state index contributed by atoms with van der Waals surface area (Å²) in [4.78, 5) is 27.3. The van der Waals surface area contributed by atoms with Crippen molar-refractivity contribution in [2.75, 3.05) is 0 Å². The van der Waals surface area contributed by atoms with Gasteiger partial charge in [0.1, 0.15) is 16.3 Å². The fraction of sp³-hybridized carbons (Fsp3) is 0.182. The maximum Gasteiger partial charge on any atom is 0.416 e. The van der Waals surface area contributed by atoms with Crippen LogP contribution in [0.3, 0.4) is 0 Å². The van der Waals surface area contributed by atoms with Gasteiger partial charge < -0.3 is 9.84 Å². The highest BCUT2D eigenvalue weighted by atomic mass is 35.5. The van der Waals surface area contributed by atoms with E-state index in [1.54, 1.807) is 37.3 Å². The van der Waals surface area contributed by atoms with Gasteiger partial charge in [0.15, 0.2) is 6.10 Å². The number of nitrogens with one attached hydrogen (secondary N) is 1. The third-order valence-electron chi connectivity index (χ3n) is 4.96. The highest BCUT2D eigenvalue weighted by Gasteiger charge is 2.39. The van der Waals surface area contributed by atoms with Crippen molar-refractivity contribution in [1.29, 1.82) is 0 Å². The van der Waals surface area contributed by atoms with E-state index in [4.69, 9.17) is 16.3 Å². The second-order valence-electron chi connectivity index (χ2n) is 7.22. The van der Waals surface area contributed by atoms with Crippen molar-refractivity contribution in [3.63, 3.8) is 0 Å². The summed E-state index contributed by atoms with van der Waals surface area (Å²) in [5.74, 6) is 0.984.